The Morgan fingerprint density at radius 1 is 1.38 bits per heavy atom. The summed E-state index contributed by atoms with van der Waals surface area (Å²) in [4.78, 5) is 13.1. The summed E-state index contributed by atoms with van der Waals surface area (Å²) >= 11 is 3.20. The molecule has 0 radical (unpaired) electrons. The maximum absolute atomic E-state index is 11.7. The van der Waals surface area contributed by atoms with Crippen LogP contribution in [-0.4, -0.2) is 21.6 Å². The van der Waals surface area contributed by atoms with Crippen molar-refractivity contribution >= 4 is 21.8 Å². The number of aliphatic hydroxyl groups is 1. The quantitative estimate of drug-likeness (QED) is 0.901. The van der Waals surface area contributed by atoms with Crippen molar-refractivity contribution in [1.82, 2.24) is 4.90 Å². The van der Waals surface area contributed by atoms with E-state index < -0.39 is 5.72 Å². The Morgan fingerprint density at radius 2 is 2.00 bits per heavy atom. The fraction of sp³-hybridized carbons (Fsp3) is 0.250. The molecule has 0 aliphatic carbocycles. The smallest absolute Gasteiger partial charge is 0.250 e. The summed E-state index contributed by atoms with van der Waals surface area (Å²) in [7, 11) is 0. The van der Waals surface area contributed by atoms with Crippen molar-refractivity contribution in [3.8, 4) is 0 Å². The van der Waals surface area contributed by atoms with Gasteiger partial charge in [0.1, 0.15) is 0 Å². The third-order valence-electron chi connectivity index (χ3n) is 2.68. The topological polar surface area (TPSA) is 40.5 Å². The van der Waals surface area contributed by atoms with Gasteiger partial charge in [0.05, 0.1) is 4.48 Å². The van der Waals surface area contributed by atoms with Crippen LogP contribution in [0.5, 0.6) is 0 Å². The zero-order valence-corrected chi connectivity index (χ0v) is 10.4. The predicted molar refractivity (Wildman–Crippen MR) is 64.6 cm³/mol. The van der Waals surface area contributed by atoms with Gasteiger partial charge in [0.2, 0.25) is 5.91 Å². The molecular formula is C12H12BrNO2. The molecule has 1 aliphatic heterocycles. The van der Waals surface area contributed by atoms with Crippen LogP contribution in [0.1, 0.15) is 12.5 Å². The lowest BCUT2D eigenvalue weighted by molar-refractivity contribution is -0.140. The Balaban J connectivity index is 2.21. The van der Waals surface area contributed by atoms with Crippen molar-refractivity contribution in [3.63, 3.8) is 0 Å². The number of carbonyl (C=O) groups is 1. The number of hydrogen-bond acceptors (Lipinski definition) is 2. The molecule has 1 aromatic rings. The van der Waals surface area contributed by atoms with E-state index in [-0.39, 0.29) is 5.91 Å². The van der Waals surface area contributed by atoms with Crippen molar-refractivity contribution in [2.75, 3.05) is 0 Å². The van der Waals surface area contributed by atoms with Crippen LogP contribution in [0.4, 0.5) is 0 Å². The molecule has 16 heavy (non-hydrogen) atoms. The Labute approximate surface area is 103 Å². The first kappa shape index (κ1) is 11.4. The highest BCUT2D eigenvalue weighted by Gasteiger charge is 2.40. The number of halogens is 1. The van der Waals surface area contributed by atoms with E-state index in [9.17, 15) is 9.90 Å². The van der Waals surface area contributed by atoms with Gasteiger partial charge < -0.3 is 10.0 Å². The third kappa shape index (κ3) is 1.90. The number of rotatable bonds is 2. The molecule has 1 aromatic carbocycles. The zero-order valence-electron chi connectivity index (χ0n) is 8.85. The van der Waals surface area contributed by atoms with Gasteiger partial charge in [-0.1, -0.05) is 46.3 Å². The largest absolute Gasteiger partial charge is 0.366 e. The number of amides is 1. The van der Waals surface area contributed by atoms with E-state index in [1.807, 2.05) is 30.3 Å². The van der Waals surface area contributed by atoms with Crippen molar-refractivity contribution in [3.05, 3.63) is 46.5 Å². The molecule has 0 fully saturated rings. The first-order chi connectivity index (χ1) is 7.51. The molecule has 2 rings (SSSR count). The minimum Gasteiger partial charge on any atom is -0.366 e. The van der Waals surface area contributed by atoms with Crippen LogP contribution in [0.2, 0.25) is 0 Å². The number of carbonyl (C=O) groups excluding carboxylic acids is 1. The van der Waals surface area contributed by atoms with Gasteiger partial charge in [-0.25, -0.2) is 0 Å². The molecule has 0 aromatic heterocycles. The molecule has 84 valence electrons. The van der Waals surface area contributed by atoms with Crippen molar-refractivity contribution in [2.45, 2.75) is 19.2 Å². The summed E-state index contributed by atoms with van der Waals surface area (Å²) in [5, 5.41) is 10.1. The van der Waals surface area contributed by atoms with Crippen LogP contribution in [0.25, 0.3) is 0 Å². The van der Waals surface area contributed by atoms with E-state index in [4.69, 9.17) is 0 Å². The summed E-state index contributed by atoms with van der Waals surface area (Å²) in [5.74, 6) is -0.180. The Hall–Kier alpha value is -1.13. The van der Waals surface area contributed by atoms with Gasteiger partial charge in [0.15, 0.2) is 5.72 Å². The van der Waals surface area contributed by atoms with E-state index >= 15 is 0 Å². The molecule has 1 N–H and O–H groups in total. The normalized spacial score (nSPS) is 24.8. The van der Waals surface area contributed by atoms with Gasteiger partial charge in [-0.2, -0.15) is 0 Å². The van der Waals surface area contributed by atoms with E-state index in [1.54, 1.807) is 6.92 Å². The molecule has 1 atom stereocenters. The lowest BCUT2D eigenvalue weighted by Gasteiger charge is -2.31. The summed E-state index contributed by atoms with van der Waals surface area (Å²) < 4.78 is 0.501. The van der Waals surface area contributed by atoms with Crippen LogP contribution >= 0.6 is 15.9 Å². The Bertz CT molecular complexity index is 440. The third-order valence-corrected chi connectivity index (χ3v) is 3.66. The number of benzene rings is 1. The molecule has 1 unspecified atom stereocenters. The molecule has 1 amide bonds. The summed E-state index contributed by atoms with van der Waals surface area (Å²) in [6.45, 7) is 2.00. The molecule has 0 spiro atoms. The van der Waals surface area contributed by atoms with Crippen molar-refractivity contribution in [1.29, 1.82) is 0 Å². The summed E-state index contributed by atoms with van der Waals surface area (Å²) in [5.41, 5.74) is -0.251. The van der Waals surface area contributed by atoms with Crippen LogP contribution in [0, 0.1) is 0 Å². The molecule has 0 saturated carbocycles. The zero-order chi connectivity index (χ0) is 11.8. The average Bonchev–Trinajstić information content (AvgIpc) is 2.43. The number of hydrogen-bond donors (Lipinski definition) is 1. The lowest BCUT2D eigenvalue weighted by Crippen LogP contribution is -2.44. The van der Waals surface area contributed by atoms with Gasteiger partial charge in [0, 0.05) is 12.6 Å². The Morgan fingerprint density at radius 3 is 2.50 bits per heavy atom. The first-order valence-corrected chi connectivity index (χ1v) is 5.76. The van der Waals surface area contributed by atoms with Gasteiger partial charge in [-0.05, 0) is 12.5 Å². The second-order valence-electron chi connectivity index (χ2n) is 3.92. The maximum Gasteiger partial charge on any atom is 0.250 e. The van der Waals surface area contributed by atoms with E-state index in [2.05, 4.69) is 15.9 Å². The van der Waals surface area contributed by atoms with Crippen LogP contribution in [0.15, 0.2) is 40.9 Å². The van der Waals surface area contributed by atoms with E-state index in [0.29, 0.717) is 11.0 Å². The molecule has 0 saturated heterocycles. The monoisotopic (exact) mass is 281 g/mol. The van der Waals surface area contributed by atoms with Gasteiger partial charge in [-0.15, -0.1) is 0 Å². The Kier molecular flexibility index (Phi) is 2.86. The highest BCUT2D eigenvalue weighted by molar-refractivity contribution is 9.11. The summed E-state index contributed by atoms with van der Waals surface area (Å²) in [6.07, 6.45) is 1.41. The van der Waals surface area contributed by atoms with E-state index in [1.165, 1.54) is 11.0 Å². The number of nitrogens with zero attached hydrogens (tertiary/aromatic N) is 1. The highest BCUT2D eigenvalue weighted by Crippen LogP contribution is 2.33. The summed E-state index contributed by atoms with van der Waals surface area (Å²) in [6, 6.07) is 9.59. The lowest BCUT2D eigenvalue weighted by atomic mass is 10.2. The van der Waals surface area contributed by atoms with Crippen LogP contribution in [-0.2, 0) is 11.3 Å². The fourth-order valence-electron chi connectivity index (χ4n) is 1.66. The average molecular weight is 282 g/mol. The maximum atomic E-state index is 11.7. The minimum atomic E-state index is -1.24. The van der Waals surface area contributed by atoms with Crippen LogP contribution < -0.4 is 0 Å². The standard InChI is InChI=1S/C12H12BrNO2/c1-12(16)10(13)7-11(15)14(12)8-9-5-3-2-4-6-9/h2-7,16H,8H2,1H3. The fourth-order valence-corrected chi connectivity index (χ4v) is 2.07. The molecule has 4 heteroatoms. The SMILES string of the molecule is CC1(O)C(Br)=CC(=O)N1Cc1ccccc1. The minimum absolute atomic E-state index is 0.180. The highest BCUT2D eigenvalue weighted by atomic mass is 79.9. The first-order valence-electron chi connectivity index (χ1n) is 4.97. The second-order valence-corrected chi connectivity index (χ2v) is 4.78. The van der Waals surface area contributed by atoms with Crippen LogP contribution in [0.3, 0.4) is 0 Å². The molecule has 0 bridgehead atoms. The van der Waals surface area contributed by atoms with Gasteiger partial charge in [0.25, 0.3) is 0 Å². The van der Waals surface area contributed by atoms with E-state index in [0.717, 1.165) is 5.56 Å². The predicted octanol–water partition coefficient (Wildman–Crippen LogP) is 2.02. The van der Waals surface area contributed by atoms with Gasteiger partial charge >= 0.3 is 0 Å². The molecule has 1 aliphatic rings. The van der Waals surface area contributed by atoms with Crippen molar-refractivity contribution in [2.24, 2.45) is 0 Å². The van der Waals surface area contributed by atoms with Crippen molar-refractivity contribution < 1.29 is 9.90 Å². The molecule has 3 nitrogen and oxygen atoms in total. The molecule has 1 heterocycles. The van der Waals surface area contributed by atoms with Gasteiger partial charge in [-0.3, -0.25) is 4.79 Å². The molecular weight excluding hydrogens is 270 g/mol. The second kappa shape index (κ2) is 4.03.